The minimum Gasteiger partial charge on any atom is -0.394 e. The molecule has 1 aliphatic heterocycles. The molecule has 0 spiro atoms. The Morgan fingerprint density at radius 1 is 0.690 bits per heavy atom. The zero-order valence-electron chi connectivity index (χ0n) is 19.0. The summed E-state index contributed by atoms with van der Waals surface area (Å²) in [6.45, 7) is 3.19. The summed E-state index contributed by atoms with van der Waals surface area (Å²) < 4.78 is 5.38. The van der Waals surface area contributed by atoms with E-state index in [0.717, 1.165) is 13.0 Å². The number of rotatable bonds is 19. The highest BCUT2D eigenvalue weighted by atomic mass is 16.5. The van der Waals surface area contributed by atoms with E-state index in [4.69, 9.17) is 9.84 Å². The molecule has 0 unspecified atom stereocenters. The van der Waals surface area contributed by atoms with E-state index in [1.165, 1.54) is 96.3 Å². The Labute approximate surface area is 179 Å². The van der Waals surface area contributed by atoms with E-state index in [1.807, 2.05) is 0 Å². The van der Waals surface area contributed by atoms with Crippen LogP contribution in [-0.2, 0) is 4.74 Å². The number of hydrogen-bond acceptors (Lipinski definition) is 5. The molecule has 1 fully saturated rings. The molecular weight excluding hydrogens is 366 g/mol. The van der Waals surface area contributed by atoms with Gasteiger partial charge in [0.15, 0.2) is 0 Å². The van der Waals surface area contributed by atoms with E-state index in [2.05, 4.69) is 12.2 Å². The summed E-state index contributed by atoms with van der Waals surface area (Å²) >= 11 is 0. The molecule has 0 amide bonds. The Morgan fingerprint density at radius 3 is 1.59 bits per heavy atom. The first kappa shape index (κ1) is 26.8. The smallest absolute Gasteiger partial charge is 0.110 e. The van der Waals surface area contributed by atoms with E-state index in [9.17, 15) is 10.2 Å². The second-order valence-corrected chi connectivity index (χ2v) is 8.90. The van der Waals surface area contributed by atoms with Gasteiger partial charge in [0.25, 0.3) is 0 Å². The maximum absolute atomic E-state index is 10.1. The molecule has 0 aliphatic carbocycles. The minimum atomic E-state index is -1.02. The van der Waals surface area contributed by atoms with Crippen molar-refractivity contribution in [3.63, 3.8) is 0 Å². The van der Waals surface area contributed by atoms with E-state index < -0.39 is 18.3 Å². The number of hydrogen-bond donors (Lipinski definition) is 4. The van der Waals surface area contributed by atoms with Gasteiger partial charge in [0, 0.05) is 0 Å². The quantitative estimate of drug-likeness (QED) is 0.236. The molecule has 0 bridgehead atoms. The second-order valence-electron chi connectivity index (χ2n) is 8.90. The number of unbranched alkanes of at least 4 members (excludes halogenated alkanes) is 15. The molecule has 5 nitrogen and oxygen atoms in total. The zero-order valence-corrected chi connectivity index (χ0v) is 19.0. The molecule has 0 aromatic carbocycles. The van der Waals surface area contributed by atoms with E-state index in [-0.39, 0.29) is 12.6 Å². The molecule has 1 aliphatic rings. The van der Waals surface area contributed by atoms with Gasteiger partial charge in [-0.15, -0.1) is 0 Å². The SMILES string of the molecule is CCCCCCCCCCCCCCCCCCN[C@H]1CO[C@H](CO)[C@@H](O)[C@@H]1O. The Bertz CT molecular complexity index is 356. The monoisotopic (exact) mass is 415 g/mol. The van der Waals surface area contributed by atoms with Crippen LogP contribution < -0.4 is 5.32 Å². The van der Waals surface area contributed by atoms with Gasteiger partial charge >= 0.3 is 0 Å². The Balaban J connectivity index is 1.79. The van der Waals surface area contributed by atoms with Crippen molar-refractivity contribution < 1.29 is 20.1 Å². The lowest BCUT2D eigenvalue weighted by atomic mass is 9.98. The van der Waals surface area contributed by atoms with E-state index in [1.54, 1.807) is 0 Å². The fourth-order valence-corrected chi connectivity index (χ4v) is 4.18. The first-order chi connectivity index (χ1) is 14.2. The number of ether oxygens (including phenoxy) is 1. The minimum absolute atomic E-state index is 0.246. The number of aliphatic hydroxyl groups is 3. The summed E-state index contributed by atoms with van der Waals surface area (Å²) in [5.41, 5.74) is 0. The first-order valence-corrected chi connectivity index (χ1v) is 12.5. The van der Waals surface area contributed by atoms with Crippen molar-refractivity contribution in [2.45, 2.75) is 134 Å². The Hall–Kier alpha value is -0.200. The van der Waals surface area contributed by atoms with Gasteiger partial charge in [-0.05, 0) is 13.0 Å². The van der Waals surface area contributed by atoms with Crippen molar-refractivity contribution in [3.8, 4) is 0 Å². The summed E-state index contributed by atoms with van der Waals surface area (Å²) in [6.07, 6.45) is 19.2. The molecule has 1 rings (SSSR count). The van der Waals surface area contributed by atoms with Gasteiger partial charge in [-0.1, -0.05) is 103 Å². The Kier molecular flexibility index (Phi) is 17.2. The van der Waals surface area contributed by atoms with Crippen LogP contribution in [0.2, 0.25) is 0 Å². The van der Waals surface area contributed by atoms with Gasteiger partial charge < -0.3 is 25.4 Å². The second kappa shape index (κ2) is 18.6. The van der Waals surface area contributed by atoms with Crippen LogP contribution in [-0.4, -0.2) is 59.4 Å². The lowest BCUT2D eigenvalue weighted by Crippen LogP contribution is -2.59. The first-order valence-electron chi connectivity index (χ1n) is 12.5. The fourth-order valence-electron chi connectivity index (χ4n) is 4.18. The van der Waals surface area contributed by atoms with Crippen molar-refractivity contribution >= 4 is 0 Å². The molecular formula is C24H49NO4. The molecule has 4 N–H and O–H groups in total. The van der Waals surface area contributed by atoms with E-state index >= 15 is 0 Å². The summed E-state index contributed by atoms with van der Waals surface area (Å²) in [4.78, 5) is 0. The molecule has 0 saturated carbocycles. The molecule has 1 saturated heterocycles. The average molecular weight is 416 g/mol. The largest absolute Gasteiger partial charge is 0.394 e. The lowest BCUT2D eigenvalue weighted by molar-refractivity contribution is -0.161. The summed E-state index contributed by atoms with van der Waals surface area (Å²) in [7, 11) is 0. The average Bonchev–Trinajstić information content (AvgIpc) is 2.73. The molecule has 0 aromatic heterocycles. The fraction of sp³-hybridized carbons (Fsp3) is 1.00. The van der Waals surface area contributed by atoms with Crippen LogP contribution in [0.1, 0.15) is 110 Å². The van der Waals surface area contributed by atoms with Crippen molar-refractivity contribution in [2.24, 2.45) is 0 Å². The standard InChI is InChI=1S/C24H49NO4/c1-2-3-4-5-6-7-8-9-10-11-12-13-14-15-16-17-18-25-21-20-29-22(19-26)24(28)23(21)27/h21-28H,2-20H2,1H3/t21-,22+,23+,24+/m0/s1. The predicted molar refractivity (Wildman–Crippen MR) is 120 cm³/mol. The van der Waals surface area contributed by atoms with Gasteiger partial charge in [0.2, 0.25) is 0 Å². The van der Waals surface area contributed by atoms with Crippen LogP contribution in [0.3, 0.4) is 0 Å². The third kappa shape index (κ3) is 13.0. The molecule has 29 heavy (non-hydrogen) atoms. The normalized spacial score (nSPS) is 24.8. The molecule has 1 heterocycles. The summed E-state index contributed by atoms with van der Waals surface area (Å²) in [5.74, 6) is 0. The number of aliphatic hydroxyl groups excluding tert-OH is 3. The van der Waals surface area contributed by atoms with Crippen LogP contribution in [0, 0.1) is 0 Å². The van der Waals surface area contributed by atoms with Crippen LogP contribution >= 0.6 is 0 Å². The molecule has 5 heteroatoms. The van der Waals surface area contributed by atoms with Crippen molar-refractivity contribution in [1.29, 1.82) is 0 Å². The Morgan fingerprint density at radius 2 is 1.14 bits per heavy atom. The molecule has 4 atom stereocenters. The van der Waals surface area contributed by atoms with Crippen molar-refractivity contribution in [1.82, 2.24) is 5.32 Å². The maximum Gasteiger partial charge on any atom is 0.110 e. The van der Waals surface area contributed by atoms with Crippen LogP contribution in [0.5, 0.6) is 0 Å². The van der Waals surface area contributed by atoms with Crippen LogP contribution in [0.25, 0.3) is 0 Å². The predicted octanol–water partition coefficient (Wildman–Crippen LogP) is 4.32. The van der Waals surface area contributed by atoms with Crippen molar-refractivity contribution in [2.75, 3.05) is 19.8 Å². The molecule has 0 aromatic rings. The highest BCUT2D eigenvalue weighted by molar-refractivity contribution is 4.90. The highest BCUT2D eigenvalue weighted by Gasteiger charge is 2.37. The lowest BCUT2D eigenvalue weighted by Gasteiger charge is -2.37. The highest BCUT2D eigenvalue weighted by Crippen LogP contribution is 2.16. The third-order valence-corrected chi connectivity index (χ3v) is 6.25. The van der Waals surface area contributed by atoms with Gasteiger partial charge in [0.05, 0.1) is 19.3 Å². The zero-order chi connectivity index (χ0) is 21.2. The third-order valence-electron chi connectivity index (χ3n) is 6.25. The van der Waals surface area contributed by atoms with Gasteiger partial charge in [-0.3, -0.25) is 0 Å². The molecule has 0 radical (unpaired) electrons. The van der Waals surface area contributed by atoms with Gasteiger partial charge in [0.1, 0.15) is 18.3 Å². The van der Waals surface area contributed by atoms with Crippen molar-refractivity contribution in [3.05, 3.63) is 0 Å². The van der Waals surface area contributed by atoms with E-state index in [0.29, 0.717) is 6.61 Å². The van der Waals surface area contributed by atoms with Crippen LogP contribution in [0.4, 0.5) is 0 Å². The van der Waals surface area contributed by atoms with Gasteiger partial charge in [-0.2, -0.15) is 0 Å². The summed E-state index contributed by atoms with van der Waals surface area (Å²) in [5, 5.41) is 32.3. The topological polar surface area (TPSA) is 82.0 Å². The maximum atomic E-state index is 10.1. The number of nitrogens with one attached hydrogen (secondary N) is 1. The molecule has 174 valence electrons. The van der Waals surface area contributed by atoms with Gasteiger partial charge in [-0.25, -0.2) is 0 Å². The van der Waals surface area contributed by atoms with Crippen LogP contribution in [0.15, 0.2) is 0 Å². The summed E-state index contributed by atoms with van der Waals surface area (Å²) in [6, 6.07) is -0.246.